The molecule has 232 valence electrons. The second-order valence-corrected chi connectivity index (χ2v) is 15.1. The van der Waals surface area contributed by atoms with E-state index in [0.29, 0.717) is 25.7 Å². The molecule has 8 nitrogen and oxygen atoms in total. The van der Waals surface area contributed by atoms with Gasteiger partial charge in [-0.15, -0.1) is 0 Å². The molecule has 0 spiro atoms. The number of hydrogen-bond acceptors (Lipinski definition) is 7. The van der Waals surface area contributed by atoms with Crippen molar-refractivity contribution >= 4 is 23.9 Å². The first-order valence-corrected chi connectivity index (χ1v) is 16.0. The first-order chi connectivity index (χ1) is 19.1. The van der Waals surface area contributed by atoms with Gasteiger partial charge in [0.2, 0.25) is 0 Å². The molecule has 0 aromatic heterocycles. The lowest BCUT2D eigenvalue weighted by Crippen LogP contribution is -2.43. The van der Waals surface area contributed by atoms with Crippen LogP contribution in [0.25, 0.3) is 0 Å². The number of carboxylic acid groups (broad SMARTS) is 1. The number of carboxylic acids is 1. The van der Waals surface area contributed by atoms with Crippen LogP contribution in [0.1, 0.15) is 131 Å². The molecule has 0 aromatic rings. The molecule has 0 aromatic carbocycles. The maximum Gasteiger partial charge on any atom is 0.312 e. The van der Waals surface area contributed by atoms with Crippen molar-refractivity contribution in [3.63, 3.8) is 0 Å². The SMILES string of the molecule is CCC1(OC(=O)C(C)(C)CCC(C)(CCC(C)(C)C(=O)O)C(=O)OC2C3CC4C(=O)OC2C4C3)CCCCCCC1. The molecule has 1 saturated heterocycles. The molecule has 0 radical (unpaired) electrons. The van der Waals surface area contributed by atoms with Crippen molar-refractivity contribution in [3.05, 3.63) is 0 Å². The Morgan fingerprint density at radius 1 is 0.878 bits per heavy atom. The molecule has 6 atom stereocenters. The molecule has 1 aliphatic heterocycles. The molecule has 4 rings (SSSR count). The minimum atomic E-state index is -1.01. The molecule has 6 unspecified atom stereocenters. The third-order valence-electron chi connectivity index (χ3n) is 11.1. The number of rotatable bonds is 12. The van der Waals surface area contributed by atoms with E-state index in [-0.39, 0.29) is 42.2 Å². The van der Waals surface area contributed by atoms with Crippen molar-refractivity contribution in [2.45, 2.75) is 149 Å². The van der Waals surface area contributed by atoms with E-state index in [9.17, 15) is 24.3 Å². The largest absolute Gasteiger partial charge is 0.481 e. The number of hydrogen-bond donors (Lipinski definition) is 1. The molecule has 4 aliphatic rings. The number of esters is 3. The monoisotopic (exact) mass is 576 g/mol. The molecule has 3 aliphatic carbocycles. The van der Waals surface area contributed by atoms with Crippen LogP contribution in [0.15, 0.2) is 0 Å². The predicted octanol–water partition coefficient (Wildman–Crippen LogP) is 6.62. The molecular weight excluding hydrogens is 524 g/mol. The fraction of sp³-hybridized carbons (Fsp3) is 0.879. The van der Waals surface area contributed by atoms with Crippen LogP contribution >= 0.6 is 0 Å². The normalized spacial score (nSPS) is 30.6. The Labute approximate surface area is 245 Å². The van der Waals surface area contributed by atoms with Crippen LogP contribution in [0.3, 0.4) is 0 Å². The first-order valence-electron chi connectivity index (χ1n) is 16.0. The van der Waals surface area contributed by atoms with E-state index in [1.807, 2.05) is 20.8 Å². The molecule has 3 saturated carbocycles. The third-order valence-corrected chi connectivity index (χ3v) is 11.1. The van der Waals surface area contributed by atoms with Gasteiger partial charge in [-0.3, -0.25) is 19.2 Å². The predicted molar refractivity (Wildman–Crippen MR) is 153 cm³/mol. The fourth-order valence-corrected chi connectivity index (χ4v) is 7.46. The summed E-state index contributed by atoms with van der Waals surface area (Å²) in [4.78, 5) is 51.6. The van der Waals surface area contributed by atoms with Crippen LogP contribution in [-0.4, -0.2) is 46.8 Å². The maximum absolute atomic E-state index is 13.9. The van der Waals surface area contributed by atoms with Gasteiger partial charge >= 0.3 is 23.9 Å². The average molecular weight is 577 g/mol. The smallest absolute Gasteiger partial charge is 0.312 e. The lowest BCUT2D eigenvalue weighted by atomic mass is 9.72. The van der Waals surface area contributed by atoms with Crippen LogP contribution in [-0.2, 0) is 33.4 Å². The van der Waals surface area contributed by atoms with Crippen molar-refractivity contribution < 1.29 is 38.5 Å². The van der Waals surface area contributed by atoms with Crippen LogP contribution in [0, 0.1) is 34.0 Å². The molecule has 0 amide bonds. The molecule has 2 bridgehead atoms. The van der Waals surface area contributed by atoms with Gasteiger partial charge < -0.3 is 19.3 Å². The molecule has 8 heteroatoms. The number of carbonyl (C=O) groups excluding carboxylic acids is 3. The summed E-state index contributed by atoms with van der Waals surface area (Å²) in [7, 11) is 0. The minimum Gasteiger partial charge on any atom is -0.481 e. The zero-order chi connectivity index (χ0) is 30.2. The summed E-state index contributed by atoms with van der Waals surface area (Å²) in [6, 6.07) is 0. The van der Waals surface area contributed by atoms with Crippen molar-refractivity contribution in [1.82, 2.24) is 0 Å². The highest BCUT2D eigenvalue weighted by molar-refractivity contribution is 5.80. The van der Waals surface area contributed by atoms with Gasteiger partial charge in [0, 0.05) is 11.8 Å². The molecular formula is C33H52O8. The summed E-state index contributed by atoms with van der Waals surface area (Å²) < 4.78 is 18.1. The number of fused-ring (bicyclic) bond motifs is 1. The Balaban J connectivity index is 1.46. The van der Waals surface area contributed by atoms with E-state index in [2.05, 4.69) is 6.92 Å². The van der Waals surface area contributed by atoms with E-state index in [0.717, 1.165) is 38.5 Å². The summed E-state index contributed by atoms with van der Waals surface area (Å²) in [5.74, 6) is -1.57. The highest BCUT2D eigenvalue weighted by Gasteiger charge is 2.63. The quantitative estimate of drug-likeness (QED) is 0.204. The van der Waals surface area contributed by atoms with Crippen LogP contribution in [0.2, 0.25) is 0 Å². The summed E-state index contributed by atoms with van der Waals surface area (Å²) in [6.07, 6.45) is 10.3. The average Bonchev–Trinajstić information content (AvgIpc) is 3.53. The van der Waals surface area contributed by atoms with E-state index < -0.39 is 39.9 Å². The first kappa shape index (κ1) is 31.8. The zero-order valence-corrected chi connectivity index (χ0v) is 26.1. The highest BCUT2D eigenvalue weighted by Crippen LogP contribution is 2.56. The van der Waals surface area contributed by atoms with Gasteiger partial charge in [-0.2, -0.15) is 0 Å². The minimum absolute atomic E-state index is 0.0706. The van der Waals surface area contributed by atoms with Crippen molar-refractivity contribution in [1.29, 1.82) is 0 Å². The number of carbonyl (C=O) groups is 4. The van der Waals surface area contributed by atoms with Gasteiger partial charge in [0.15, 0.2) is 0 Å². The van der Waals surface area contributed by atoms with Gasteiger partial charge in [-0.05, 0) is 105 Å². The number of ether oxygens (including phenoxy) is 3. The second-order valence-electron chi connectivity index (χ2n) is 15.1. The number of aliphatic carboxylic acids is 1. The van der Waals surface area contributed by atoms with Crippen LogP contribution < -0.4 is 0 Å². The Hall–Kier alpha value is -2.12. The van der Waals surface area contributed by atoms with Crippen molar-refractivity contribution in [2.75, 3.05) is 0 Å². The van der Waals surface area contributed by atoms with Gasteiger partial charge in [-0.1, -0.05) is 26.2 Å². The highest BCUT2D eigenvalue weighted by atomic mass is 16.6. The standard InChI is InChI=1S/C33H52O8/c1-7-33(13-11-9-8-10-12-14-33)41-28(37)31(4,5)16-18-32(6,17-15-30(2,3)27(35)36)29(38)40-24-21-19-22-23(20-21)26(34)39-25(22)24/h21-25H,7-20H2,1-6H3,(H,35,36). The topological polar surface area (TPSA) is 116 Å². The van der Waals surface area contributed by atoms with Crippen LogP contribution in [0.5, 0.6) is 0 Å². The summed E-state index contributed by atoms with van der Waals surface area (Å²) in [5.41, 5.74) is -3.27. The summed E-state index contributed by atoms with van der Waals surface area (Å²) in [6.45, 7) is 11.0. The maximum atomic E-state index is 13.9. The van der Waals surface area contributed by atoms with E-state index >= 15 is 0 Å². The zero-order valence-electron chi connectivity index (χ0n) is 26.1. The summed E-state index contributed by atoms with van der Waals surface area (Å²) >= 11 is 0. The van der Waals surface area contributed by atoms with Gasteiger partial charge in [0.05, 0.1) is 22.2 Å². The Kier molecular flexibility index (Phi) is 9.21. The Bertz CT molecular complexity index is 1010. The fourth-order valence-electron chi connectivity index (χ4n) is 7.46. The summed E-state index contributed by atoms with van der Waals surface area (Å²) in [5, 5.41) is 9.72. The van der Waals surface area contributed by atoms with E-state index in [1.54, 1.807) is 13.8 Å². The molecule has 1 N–H and O–H groups in total. The Morgan fingerprint density at radius 3 is 2.05 bits per heavy atom. The van der Waals surface area contributed by atoms with E-state index in [4.69, 9.17) is 14.2 Å². The lowest BCUT2D eigenvalue weighted by molar-refractivity contribution is -0.177. The second kappa shape index (κ2) is 11.9. The van der Waals surface area contributed by atoms with Gasteiger partial charge in [0.25, 0.3) is 0 Å². The van der Waals surface area contributed by atoms with Crippen LogP contribution in [0.4, 0.5) is 0 Å². The lowest BCUT2D eigenvalue weighted by Gasteiger charge is -2.38. The molecule has 1 heterocycles. The van der Waals surface area contributed by atoms with Gasteiger partial charge in [0.1, 0.15) is 17.8 Å². The molecule has 41 heavy (non-hydrogen) atoms. The Morgan fingerprint density at radius 2 is 1.46 bits per heavy atom. The third kappa shape index (κ3) is 6.61. The van der Waals surface area contributed by atoms with E-state index in [1.165, 1.54) is 19.3 Å². The molecule has 4 fully saturated rings. The van der Waals surface area contributed by atoms with Crippen molar-refractivity contribution in [2.24, 2.45) is 34.0 Å². The van der Waals surface area contributed by atoms with Crippen molar-refractivity contribution in [3.8, 4) is 0 Å². The van der Waals surface area contributed by atoms with Gasteiger partial charge in [-0.25, -0.2) is 0 Å².